The van der Waals surface area contributed by atoms with Gasteiger partial charge in [-0.3, -0.25) is 9.59 Å². The topological polar surface area (TPSA) is 83.2 Å². The average molecular weight is 467 g/mol. The van der Waals surface area contributed by atoms with E-state index in [0.717, 1.165) is 5.69 Å². The van der Waals surface area contributed by atoms with Crippen LogP contribution in [0.5, 0.6) is 5.75 Å². The van der Waals surface area contributed by atoms with Crippen LogP contribution in [-0.4, -0.2) is 42.9 Å². The SMILES string of the molecule is COc1ccc(Cl)cc1/C(O)=C1\C(=O)C(=O)N(Cc2ccco2)C1c1ccc(N(C)C)cc1. The zero-order chi connectivity index (χ0) is 23.7. The number of anilines is 1. The smallest absolute Gasteiger partial charge is 0.296 e. The Kier molecular flexibility index (Phi) is 6.16. The van der Waals surface area contributed by atoms with Gasteiger partial charge in [0.2, 0.25) is 0 Å². The van der Waals surface area contributed by atoms with E-state index in [1.54, 1.807) is 24.3 Å². The third-order valence-corrected chi connectivity index (χ3v) is 5.82. The van der Waals surface area contributed by atoms with E-state index in [4.69, 9.17) is 20.8 Å². The number of hydrogen-bond acceptors (Lipinski definition) is 6. The molecule has 7 nitrogen and oxygen atoms in total. The number of aliphatic hydroxyl groups excluding tert-OH is 1. The van der Waals surface area contributed by atoms with Gasteiger partial charge >= 0.3 is 0 Å². The molecule has 0 bridgehead atoms. The van der Waals surface area contributed by atoms with Crippen LogP contribution in [0.25, 0.3) is 5.76 Å². The van der Waals surface area contributed by atoms with Gasteiger partial charge in [-0.05, 0) is 48.0 Å². The molecule has 1 unspecified atom stereocenters. The van der Waals surface area contributed by atoms with Gasteiger partial charge in [-0.15, -0.1) is 0 Å². The van der Waals surface area contributed by atoms with E-state index in [9.17, 15) is 14.7 Å². The fraction of sp³-hybridized carbons (Fsp3) is 0.200. The lowest BCUT2D eigenvalue weighted by Crippen LogP contribution is -2.29. The third kappa shape index (κ3) is 4.19. The number of ketones is 1. The van der Waals surface area contributed by atoms with Crippen molar-refractivity contribution in [2.45, 2.75) is 12.6 Å². The Morgan fingerprint density at radius 2 is 1.88 bits per heavy atom. The van der Waals surface area contributed by atoms with Crippen molar-refractivity contribution < 1.29 is 23.8 Å². The van der Waals surface area contributed by atoms with E-state index in [-0.39, 0.29) is 23.4 Å². The largest absolute Gasteiger partial charge is 0.507 e. The number of hydrogen-bond donors (Lipinski definition) is 1. The minimum atomic E-state index is -0.824. The molecule has 2 aromatic carbocycles. The highest BCUT2D eigenvalue weighted by molar-refractivity contribution is 6.46. The molecule has 0 spiro atoms. The number of amides is 1. The maximum atomic E-state index is 13.2. The van der Waals surface area contributed by atoms with E-state index in [2.05, 4.69) is 0 Å². The van der Waals surface area contributed by atoms with E-state index in [1.165, 1.54) is 24.3 Å². The molecule has 1 atom stereocenters. The highest BCUT2D eigenvalue weighted by atomic mass is 35.5. The number of ether oxygens (including phenoxy) is 1. The molecular formula is C25H23ClN2O5. The average Bonchev–Trinajstić information content (AvgIpc) is 3.41. The number of furan rings is 1. The summed E-state index contributed by atoms with van der Waals surface area (Å²) in [7, 11) is 5.29. The van der Waals surface area contributed by atoms with E-state index in [0.29, 0.717) is 22.1 Å². The summed E-state index contributed by atoms with van der Waals surface area (Å²) in [5.74, 6) is -1.02. The molecule has 1 aliphatic rings. The van der Waals surface area contributed by atoms with Crippen LogP contribution in [-0.2, 0) is 16.1 Å². The maximum absolute atomic E-state index is 13.2. The van der Waals surface area contributed by atoms with Crippen molar-refractivity contribution in [3.63, 3.8) is 0 Å². The number of halogens is 1. The number of methoxy groups -OCH3 is 1. The molecule has 33 heavy (non-hydrogen) atoms. The van der Waals surface area contributed by atoms with Crippen molar-refractivity contribution >= 4 is 34.7 Å². The summed E-state index contributed by atoms with van der Waals surface area (Å²) >= 11 is 6.14. The van der Waals surface area contributed by atoms with Crippen LogP contribution in [0, 0.1) is 0 Å². The number of benzene rings is 2. The zero-order valence-corrected chi connectivity index (χ0v) is 19.2. The molecule has 1 saturated heterocycles. The summed E-state index contributed by atoms with van der Waals surface area (Å²) in [5.41, 5.74) is 1.83. The molecule has 1 aliphatic heterocycles. The normalized spacial score (nSPS) is 17.5. The molecule has 0 saturated carbocycles. The standard InChI is InChI=1S/C25H23ClN2O5/c1-27(2)17-9-6-15(7-10-17)22-21(23(29)19-13-16(26)8-11-20(19)32-3)24(30)25(31)28(22)14-18-5-4-12-33-18/h4-13,22,29H,14H2,1-3H3/b23-21+. The second-order valence-corrected chi connectivity index (χ2v) is 8.27. The Morgan fingerprint density at radius 1 is 1.15 bits per heavy atom. The number of likely N-dealkylation sites (tertiary alicyclic amines) is 1. The summed E-state index contributed by atoms with van der Waals surface area (Å²) in [6.45, 7) is 0.0706. The Bertz CT molecular complexity index is 1220. The fourth-order valence-corrected chi connectivity index (χ4v) is 4.10. The highest BCUT2D eigenvalue weighted by Crippen LogP contribution is 2.42. The molecule has 4 rings (SSSR count). The third-order valence-electron chi connectivity index (χ3n) is 5.59. The molecule has 1 amide bonds. The molecule has 3 aromatic rings. The van der Waals surface area contributed by atoms with Crippen molar-refractivity contribution in [1.82, 2.24) is 4.90 Å². The molecule has 1 N–H and O–H groups in total. The highest BCUT2D eigenvalue weighted by Gasteiger charge is 2.46. The van der Waals surface area contributed by atoms with Crippen LogP contribution in [0.1, 0.15) is 22.9 Å². The number of nitrogens with zero attached hydrogens (tertiary/aromatic N) is 2. The Morgan fingerprint density at radius 3 is 2.48 bits per heavy atom. The van der Waals surface area contributed by atoms with E-state index < -0.39 is 17.7 Å². The molecule has 170 valence electrons. The van der Waals surface area contributed by atoms with Crippen molar-refractivity contribution in [2.24, 2.45) is 0 Å². The number of Topliss-reactive ketones (excluding diaryl/α,β-unsaturated/α-hetero) is 1. The molecule has 1 aromatic heterocycles. The lowest BCUT2D eigenvalue weighted by molar-refractivity contribution is -0.140. The quantitative estimate of drug-likeness (QED) is 0.324. The van der Waals surface area contributed by atoms with Gasteiger partial charge in [-0.1, -0.05) is 23.7 Å². The maximum Gasteiger partial charge on any atom is 0.296 e. The number of rotatable bonds is 6. The molecule has 2 heterocycles. The van der Waals surface area contributed by atoms with Crippen LogP contribution in [0.4, 0.5) is 5.69 Å². The van der Waals surface area contributed by atoms with Gasteiger partial charge in [0.25, 0.3) is 11.7 Å². The van der Waals surface area contributed by atoms with Crippen molar-refractivity contribution in [2.75, 3.05) is 26.1 Å². The second kappa shape index (κ2) is 9.03. The predicted octanol–water partition coefficient (Wildman–Crippen LogP) is 4.63. The summed E-state index contributed by atoms with van der Waals surface area (Å²) in [6.07, 6.45) is 1.50. The van der Waals surface area contributed by atoms with Gasteiger partial charge in [0.15, 0.2) is 0 Å². The van der Waals surface area contributed by atoms with Crippen LogP contribution in [0.15, 0.2) is 70.9 Å². The van der Waals surface area contributed by atoms with Crippen molar-refractivity contribution in [3.05, 3.63) is 88.3 Å². The summed E-state index contributed by atoms with van der Waals surface area (Å²) < 4.78 is 10.8. The monoisotopic (exact) mass is 466 g/mol. The minimum Gasteiger partial charge on any atom is -0.507 e. The number of carbonyl (C=O) groups is 2. The van der Waals surface area contributed by atoms with Gasteiger partial charge in [0.05, 0.1) is 37.1 Å². The predicted molar refractivity (Wildman–Crippen MR) is 125 cm³/mol. The van der Waals surface area contributed by atoms with Gasteiger partial charge in [0, 0.05) is 24.8 Å². The van der Waals surface area contributed by atoms with Crippen LogP contribution in [0.2, 0.25) is 5.02 Å². The summed E-state index contributed by atoms with van der Waals surface area (Å²) in [6, 6.07) is 14.8. The second-order valence-electron chi connectivity index (χ2n) is 7.84. The first kappa shape index (κ1) is 22.5. The molecule has 8 heteroatoms. The lowest BCUT2D eigenvalue weighted by atomic mass is 9.94. The molecular weight excluding hydrogens is 444 g/mol. The Labute approximate surface area is 196 Å². The number of aliphatic hydroxyl groups is 1. The first-order chi connectivity index (χ1) is 15.8. The van der Waals surface area contributed by atoms with Crippen molar-refractivity contribution in [1.29, 1.82) is 0 Å². The molecule has 0 radical (unpaired) electrons. The summed E-state index contributed by atoms with van der Waals surface area (Å²) in [5, 5.41) is 11.6. The van der Waals surface area contributed by atoms with Gasteiger partial charge in [0.1, 0.15) is 17.3 Å². The van der Waals surface area contributed by atoms with Gasteiger partial charge in [-0.2, -0.15) is 0 Å². The summed E-state index contributed by atoms with van der Waals surface area (Å²) in [4.78, 5) is 29.6. The minimum absolute atomic E-state index is 0.0373. The lowest BCUT2D eigenvalue weighted by Gasteiger charge is -2.25. The van der Waals surface area contributed by atoms with Crippen LogP contribution >= 0.6 is 11.6 Å². The first-order valence-electron chi connectivity index (χ1n) is 10.2. The fourth-order valence-electron chi connectivity index (χ4n) is 3.93. The van der Waals surface area contributed by atoms with E-state index in [1.807, 2.05) is 43.3 Å². The Hall–Kier alpha value is -3.71. The van der Waals surface area contributed by atoms with Gasteiger partial charge in [-0.25, -0.2) is 0 Å². The van der Waals surface area contributed by atoms with Crippen LogP contribution < -0.4 is 9.64 Å². The van der Waals surface area contributed by atoms with Crippen LogP contribution in [0.3, 0.4) is 0 Å². The molecule has 0 aliphatic carbocycles. The Balaban J connectivity index is 1.90. The molecule has 1 fully saturated rings. The van der Waals surface area contributed by atoms with E-state index >= 15 is 0 Å². The first-order valence-corrected chi connectivity index (χ1v) is 10.6. The van der Waals surface area contributed by atoms with Crippen molar-refractivity contribution in [3.8, 4) is 5.75 Å². The van der Waals surface area contributed by atoms with Gasteiger partial charge < -0.3 is 24.1 Å². The zero-order valence-electron chi connectivity index (χ0n) is 18.4. The number of carbonyl (C=O) groups excluding carboxylic acids is 2.